The van der Waals surface area contributed by atoms with Crippen LogP contribution in [0.5, 0.6) is 0 Å². The molecule has 0 aromatic heterocycles. The first-order chi connectivity index (χ1) is 10.8. The van der Waals surface area contributed by atoms with E-state index in [4.69, 9.17) is 5.73 Å². The summed E-state index contributed by atoms with van der Waals surface area (Å²) in [7, 11) is -3.20. The summed E-state index contributed by atoms with van der Waals surface area (Å²) >= 11 is 1.79. The van der Waals surface area contributed by atoms with Crippen LogP contribution in [0.4, 0.5) is 0 Å². The molecule has 1 unspecified atom stereocenters. The fraction of sp³-hybridized carbons (Fsp3) is 0.933. The fourth-order valence-corrected chi connectivity index (χ4v) is 4.89. The molecule has 136 valence electrons. The SMILES string of the molecule is CC(C)CCCC(C)NC(N)=NCCS(=O)(=O)N1CCSCC1. The summed E-state index contributed by atoms with van der Waals surface area (Å²) in [4.78, 5) is 4.16. The standard InChI is InChI=1S/C15H32N4O2S2/c1-13(2)5-4-6-14(3)18-15(16)17-7-12-23(20,21)19-8-10-22-11-9-19/h13-14H,4-12H2,1-3H3,(H3,16,17,18). The number of aliphatic imine (C=N–C) groups is 1. The molecule has 1 heterocycles. The molecular weight excluding hydrogens is 332 g/mol. The lowest BCUT2D eigenvalue weighted by atomic mass is 10.0. The number of guanidine groups is 1. The Morgan fingerprint density at radius 3 is 2.52 bits per heavy atom. The molecule has 0 aromatic carbocycles. The second-order valence-electron chi connectivity index (χ2n) is 6.46. The van der Waals surface area contributed by atoms with Crippen LogP contribution in [-0.4, -0.2) is 61.6 Å². The number of nitrogens with two attached hydrogens (primary N) is 1. The molecule has 0 aromatic rings. The molecule has 6 nitrogen and oxygen atoms in total. The van der Waals surface area contributed by atoms with Gasteiger partial charge in [-0.05, 0) is 19.3 Å². The number of hydrogen-bond donors (Lipinski definition) is 2. The van der Waals surface area contributed by atoms with E-state index in [9.17, 15) is 8.42 Å². The number of rotatable bonds is 9. The molecule has 1 aliphatic heterocycles. The monoisotopic (exact) mass is 364 g/mol. The first-order valence-corrected chi connectivity index (χ1v) is 11.2. The van der Waals surface area contributed by atoms with Crippen molar-refractivity contribution in [2.45, 2.75) is 46.1 Å². The molecule has 0 bridgehead atoms. The lowest BCUT2D eigenvalue weighted by Crippen LogP contribution is -2.41. The van der Waals surface area contributed by atoms with Crippen LogP contribution >= 0.6 is 11.8 Å². The van der Waals surface area contributed by atoms with E-state index in [0.717, 1.165) is 24.3 Å². The van der Waals surface area contributed by atoms with E-state index in [1.165, 1.54) is 6.42 Å². The molecule has 1 aliphatic rings. The maximum absolute atomic E-state index is 12.2. The predicted molar refractivity (Wildman–Crippen MR) is 100 cm³/mol. The van der Waals surface area contributed by atoms with Crippen molar-refractivity contribution in [2.75, 3.05) is 36.9 Å². The highest BCUT2D eigenvalue weighted by Gasteiger charge is 2.23. The van der Waals surface area contributed by atoms with Crippen LogP contribution in [0.2, 0.25) is 0 Å². The van der Waals surface area contributed by atoms with Gasteiger partial charge in [-0.3, -0.25) is 4.99 Å². The van der Waals surface area contributed by atoms with Gasteiger partial charge in [0, 0.05) is 30.6 Å². The lowest BCUT2D eigenvalue weighted by molar-refractivity contribution is 0.444. The summed E-state index contributed by atoms with van der Waals surface area (Å²) in [5.74, 6) is 2.83. The zero-order chi connectivity index (χ0) is 17.3. The van der Waals surface area contributed by atoms with Gasteiger partial charge in [0.25, 0.3) is 0 Å². The lowest BCUT2D eigenvalue weighted by Gasteiger charge is -2.25. The van der Waals surface area contributed by atoms with E-state index in [1.54, 1.807) is 16.1 Å². The Morgan fingerprint density at radius 2 is 1.91 bits per heavy atom. The zero-order valence-electron chi connectivity index (χ0n) is 14.6. The Kier molecular flexibility index (Phi) is 9.31. The maximum Gasteiger partial charge on any atom is 0.215 e. The van der Waals surface area contributed by atoms with Crippen LogP contribution in [0.3, 0.4) is 0 Å². The van der Waals surface area contributed by atoms with Crippen molar-refractivity contribution < 1.29 is 8.42 Å². The summed E-state index contributed by atoms with van der Waals surface area (Å²) < 4.78 is 25.9. The largest absolute Gasteiger partial charge is 0.370 e. The molecule has 1 fully saturated rings. The Morgan fingerprint density at radius 1 is 1.26 bits per heavy atom. The van der Waals surface area contributed by atoms with Gasteiger partial charge in [-0.1, -0.05) is 26.7 Å². The van der Waals surface area contributed by atoms with Gasteiger partial charge in [-0.25, -0.2) is 12.7 Å². The molecule has 1 saturated heterocycles. The highest BCUT2D eigenvalue weighted by molar-refractivity contribution is 7.99. The van der Waals surface area contributed by atoms with Gasteiger partial charge in [0.15, 0.2) is 5.96 Å². The quantitative estimate of drug-likeness (QED) is 0.478. The second kappa shape index (κ2) is 10.4. The minimum absolute atomic E-state index is 0.0295. The normalized spacial score (nSPS) is 19.0. The van der Waals surface area contributed by atoms with E-state index in [0.29, 0.717) is 25.0 Å². The van der Waals surface area contributed by atoms with Crippen molar-refractivity contribution in [3.05, 3.63) is 0 Å². The van der Waals surface area contributed by atoms with Crippen molar-refractivity contribution in [3.8, 4) is 0 Å². The topological polar surface area (TPSA) is 87.8 Å². The average molecular weight is 365 g/mol. The molecule has 8 heteroatoms. The Bertz CT molecular complexity index is 460. The Balaban J connectivity index is 2.29. The number of sulfonamides is 1. The molecule has 0 radical (unpaired) electrons. The number of nitrogens with one attached hydrogen (secondary N) is 1. The molecule has 0 aliphatic carbocycles. The zero-order valence-corrected chi connectivity index (χ0v) is 16.3. The van der Waals surface area contributed by atoms with E-state index < -0.39 is 10.0 Å². The van der Waals surface area contributed by atoms with Crippen LogP contribution in [-0.2, 0) is 10.0 Å². The van der Waals surface area contributed by atoms with Crippen LogP contribution < -0.4 is 11.1 Å². The van der Waals surface area contributed by atoms with Gasteiger partial charge in [0.05, 0.1) is 12.3 Å². The van der Waals surface area contributed by atoms with Gasteiger partial charge >= 0.3 is 0 Å². The highest BCUT2D eigenvalue weighted by atomic mass is 32.2. The van der Waals surface area contributed by atoms with Gasteiger partial charge in [-0.2, -0.15) is 11.8 Å². The minimum Gasteiger partial charge on any atom is -0.370 e. The van der Waals surface area contributed by atoms with Crippen LogP contribution in [0.1, 0.15) is 40.0 Å². The third kappa shape index (κ3) is 8.81. The van der Waals surface area contributed by atoms with Crippen molar-refractivity contribution in [3.63, 3.8) is 0 Å². The Hall–Kier alpha value is -0.470. The molecule has 1 atom stereocenters. The van der Waals surface area contributed by atoms with E-state index in [1.807, 2.05) is 0 Å². The van der Waals surface area contributed by atoms with Gasteiger partial charge < -0.3 is 11.1 Å². The smallest absolute Gasteiger partial charge is 0.215 e. The van der Waals surface area contributed by atoms with E-state index in [2.05, 4.69) is 31.1 Å². The van der Waals surface area contributed by atoms with E-state index in [-0.39, 0.29) is 18.3 Å². The number of nitrogens with zero attached hydrogens (tertiary/aromatic N) is 2. The number of hydrogen-bond acceptors (Lipinski definition) is 4. The summed E-state index contributed by atoms with van der Waals surface area (Å²) in [6, 6.07) is 0.258. The summed E-state index contributed by atoms with van der Waals surface area (Å²) in [5.41, 5.74) is 5.84. The first-order valence-electron chi connectivity index (χ1n) is 8.43. The minimum atomic E-state index is -3.20. The van der Waals surface area contributed by atoms with Crippen LogP contribution in [0.15, 0.2) is 4.99 Å². The molecule has 0 amide bonds. The van der Waals surface area contributed by atoms with Crippen LogP contribution in [0.25, 0.3) is 0 Å². The molecule has 23 heavy (non-hydrogen) atoms. The summed E-state index contributed by atoms with van der Waals surface area (Å²) in [5, 5.41) is 3.14. The van der Waals surface area contributed by atoms with Gasteiger partial charge in [-0.15, -0.1) is 0 Å². The molecule has 0 saturated carbocycles. The summed E-state index contributed by atoms with van der Waals surface area (Å²) in [6.07, 6.45) is 3.40. The van der Waals surface area contributed by atoms with Crippen molar-refractivity contribution in [2.24, 2.45) is 16.6 Å². The van der Waals surface area contributed by atoms with Crippen molar-refractivity contribution >= 4 is 27.7 Å². The molecular formula is C15H32N4O2S2. The van der Waals surface area contributed by atoms with Crippen LogP contribution in [0, 0.1) is 5.92 Å². The van der Waals surface area contributed by atoms with Gasteiger partial charge in [0.2, 0.25) is 10.0 Å². The average Bonchev–Trinajstić information content (AvgIpc) is 2.47. The van der Waals surface area contributed by atoms with Gasteiger partial charge in [0.1, 0.15) is 0 Å². The fourth-order valence-electron chi connectivity index (χ4n) is 2.44. The first kappa shape index (κ1) is 20.6. The van der Waals surface area contributed by atoms with Crippen molar-refractivity contribution in [1.29, 1.82) is 0 Å². The predicted octanol–water partition coefficient (Wildman–Crippen LogP) is 1.48. The number of thioether (sulfide) groups is 1. The third-order valence-electron chi connectivity index (χ3n) is 3.81. The Labute approximate surface area is 145 Å². The summed E-state index contributed by atoms with van der Waals surface area (Å²) in [6.45, 7) is 7.94. The van der Waals surface area contributed by atoms with E-state index >= 15 is 0 Å². The highest BCUT2D eigenvalue weighted by Crippen LogP contribution is 2.13. The molecule has 0 spiro atoms. The third-order valence-corrected chi connectivity index (χ3v) is 6.60. The van der Waals surface area contributed by atoms with Crippen molar-refractivity contribution in [1.82, 2.24) is 9.62 Å². The molecule has 3 N–H and O–H groups in total. The molecule has 1 rings (SSSR count). The maximum atomic E-state index is 12.2. The second-order valence-corrected chi connectivity index (χ2v) is 9.78.